The van der Waals surface area contributed by atoms with E-state index in [4.69, 9.17) is 0 Å². The first-order valence-corrected chi connectivity index (χ1v) is 5.30. The number of unbranched alkanes of at least 4 members (excludes halogenated alkanes) is 1. The second kappa shape index (κ2) is 11.0. The van der Waals surface area contributed by atoms with Gasteiger partial charge in [0.05, 0.1) is 0 Å². The van der Waals surface area contributed by atoms with Gasteiger partial charge in [-0.05, 0) is 70.1 Å². The maximum atomic E-state index is 2.23. The van der Waals surface area contributed by atoms with Gasteiger partial charge in [-0.25, -0.2) is 0 Å². The molecule has 0 heterocycles. The number of rotatable bonds is 3. The van der Waals surface area contributed by atoms with Crippen molar-refractivity contribution < 1.29 is 17.1 Å². The fourth-order valence-corrected chi connectivity index (χ4v) is 1.28. The van der Waals surface area contributed by atoms with E-state index in [1.165, 1.54) is 25.2 Å². The molecule has 2 saturated carbocycles. The smallest absolute Gasteiger partial charge is 0.0654 e. The molecule has 0 aromatic carbocycles. The molecule has 0 unspecified atom stereocenters. The molecule has 1 heteroatoms. The van der Waals surface area contributed by atoms with Gasteiger partial charge < -0.3 is 0 Å². The van der Waals surface area contributed by atoms with E-state index in [0.29, 0.717) is 0 Å². The molecule has 0 aromatic rings. The van der Waals surface area contributed by atoms with Gasteiger partial charge in [-0.3, -0.25) is 0 Å². The van der Waals surface area contributed by atoms with Crippen molar-refractivity contribution in [3.8, 4) is 0 Å². The summed E-state index contributed by atoms with van der Waals surface area (Å²) >= 11 is 0. The Labute approximate surface area is 107 Å². The fraction of sp³-hybridized carbons (Fsp3) is 0.286. The minimum Gasteiger partial charge on any atom is -0.0654 e. The first-order valence-electron chi connectivity index (χ1n) is 5.30. The van der Waals surface area contributed by atoms with Gasteiger partial charge in [0.1, 0.15) is 0 Å². The minimum atomic E-state index is 0. The van der Waals surface area contributed by atoms with Crippen molar-refractivity contribution in [3.05, 3.63) is 63.7 Å². The van der Waals surface area contributed by atoms with Gasteiger partial charge in [0.25, 0.3) is 0 Å². The summed E-state index contributed by atoms with van der Waals surface area (Å²) < 4.78 is 0. The number of hydrogen-bond donors (Lipinski definition) is 0. The van der Waals surface area contributed by atoms with Gasteiger partial charge >= 0.3 is 17.1 Å². The van der Waals surface area contributed by atoms with Gasteiger partial charge in [0, 0.05) is 0 Å². The average molecular weight is 242 g/mol. The molecule has 0 bridgehead atoms. The molecule has 2 aliphatic rings. The molecule has 2 fully saturated rings. The van der Waals surface area contributed by atoms with Gasteiger partial charge in [-0.2, -0.15) is 0 Å². The summed E-state index contributed by atoms with van der Waals surface area (Å²) in [5.41, 5.74) is 0. The van der Waals surface area contributed by atoms with Crippen LogP contribution >= 0.6 is 0 Å². The van der Waals surface area contributed by atoms with E-state index in [1.54, 1.807) is 0 Å². The Morgan fingerprint density at radius 3 is 1.67 bits per heavy atom. The number of hydrogen-bond acceptors (Lipinski definition) is 0. The van der Waals surface area contributed by atoms with E-state index >= 15 is 0 Å². The Kier molecular flexibility index (Phi) is 11.4. The molecular weight excluding hydrogens is 224 g/mol. The van der Waals surface area contributed by atoms with Crippen LogP contribution in [0.2, 0.25) is 0 Å². The second-order valence-electron chi connectivity index (χ2n) is 3.36. The Hall–Kier alpha value is 0.519. The van der Waals surface area contributed by atoms with Gasteiger partial charge in [-0.15, -0.1) is 0 Å². The van der Waals surface area contributed by atoms with E-state index in [1.807, 2.05) is 32.1 Å². The van der Waals surface area contributed by atoms with Crippen molar-refractivity contribution in [2.75, 3.05) is 0 Å². The van der Waals surface area contributed by atoms with E-state index in [2.05, 4.69) is 32.6 Å². The average Bonchev–Trinajstić information content (AvgIpc) is 2.90. The van der Waals surface area contributed by atoms with Crippen molar-refractivity contribution in [1.29, 1.82) is 0 Å². The monoisotopic (exact) mass is 242 g/mol. The van der Waals surface area contributed by atoms with E-state index in [-0.39, 0.29) is 17.1 Å². The van der Waals surface area contributed by atoms with Crippen molar-refractivity contribution >= 4 is 0 Å². The SMILES string of the molecule is CCCC[C]1[CH][CH][CH][CH]1.[CH]1[CH][CH][CH][CH]1.[Fe+2]. The van der Waals surface area contributed by atoms with Crippen LogP contribution in [-0.4, -0.2) is 0 Å². The summed E-state index contributed by atoms with van der Waals surface area (Å²) in [7, 11) is 0. The molecule has 10 radical (unpaired) electrons. The molecule has 0 spiro atoms. The molecule has 0 saturated heterocycles. The standard InChI is InChI=1S/C9H13.C5H5.Fe/c1-2-3-6-9-7-4-5-8-9;1-2-4-5-3-1;/h4-5,7-8H,2-3,6H2,1H3;1-5H;/q;;+2. The Bertz CT molecular complexity index is 105. The van der Waals surface area contributed by atoms with Crippen LogP contribution in [-0.2, 0) is 17.1 Å². The molecule has 0 N–H and O–H groups in total. The molecule has 15 heavy (non-hydrogen) atoms. The van der Waals surface area contributed by atoms with Crippen molar-refractivity contribution in [1.82, 2.24) is 0 Å². The Morgan fingerprint density at radius 1 is 0.800 bits per heavy atom. The zero-order valence-corrected chi connectivity index (χ0v) is 10.3. The Balaban J connectivity index is 0.000000280. The van der Waals surface area contributed by atoms with Crippen LogP contribution < -0.4 is 0 Å². The third-order valence-corrected chi connectivity index (χ3v) is 2.11. The first-order chi connectivity index (χ1) is 6.93. The van der Waals surface area contributed by atoms with Crippen LogP contribution in [0, 0.1) is 63.7 Å². The quantitative estimate of drug-likeness (QED) is 0.663. The van der Waals surface area contributed by atoms with E-state index in [9.17, 15) is 0 Å². The van der Waals surface area contributed by atoms with E-state index < -0.39 is 0 Å². The third-order valence-electron chi connectivity index (χ3n) is 2.11. The normalized spacial score (nSPS) is 20.6. The second-order valence-corrected chi connectivity index (χ2v) is 3.36. The maximum Gasteiger partial charge on any atom is 2.00 e. The summed E-state index contributed by atoms with van der Waals surface area (Å²) in [6, 6.07) is 0. The van der Waals surface area contributed by atoms with Crippen LogP contribution in [0.5, 0.6) is 0 Å². The summed E-state index contributed by atoms with van der Waals surface area (Å²) in [5.74, 6) is 1.48. The molecule has 80 valence electrons. The van der Waals surface area contributed by atoms with Crippen molar-refractivity contribution in [2.45, 2.75) is 26.2 Å². The molecule has 0 nitrogen and oxygen atoms in total. The molecule has 0 atom stereocenters. The molecule has 0 aromatic heterocycles. The van der Waals surface area contributed by atoms with Gasteiger partial charge in [0.15, 0.2) is 0 Å². The zero-order chi connectivity index (χ0) is 10.1. The first kappa shape index (κ1) is 15.5. The maximum absolute atomic E-state index is 2.23. The fourth-order valence-electron chi connectivity index (χ4n) is 1.28. The van der Waals surface area contributed by atoms with Crippen LogP contribution in [0.25, 0.3) is 0 Å². The van der Waals surface area contributed by atoms with Crippen LogP contribution in [0.15, 0.2) is 0 Å². The van der Waals surface area contributed by atoms with Crippen LogP contribution in [0.4, 0.5) is 0 Å². The minimum absolute atomic E-state index is 0. The zero-order valence-electron chi connectivity index (χ0n) is 9.17. The molecular formula is C14H18Fe+2. The van der Waals surface area contributed by atoms with Gasteiger partial charge in [-0.1, -0.05) is 19.8 Å². The third kappa shape index (κ3) is 8.34. The van der Waals surface area contributed by atoms with Gasteiger partial charge in [0.2, 0.25) is 0 Å². The molecule has 2 rings (SSSR count). The predicted octanol–water partition coefficient (Wildman–Crippen LogP) is 3.60. The summed E-state index contributed by atoms with van der Waals surface area (Å²) in [5, 5.41) is 0. The largest absolute Gasteiger partial charge is 2.00 e. The van der Waals surface area contributed by atoms with Crippen LogP contribution in [0.3, 0.4) is 0 Å². The summed E-state index contributed by atoms with van der Waals surface area (Å²) in [4.78, 5) is 0. The molecule has 0 amide bonds. The van der Waals surface area contributed by atoms with Crippen molar-refractivity contribution in [2.24, 2.45) is 0 Å². The molecule has 2 aliphatic carbocycles. The summed E-state index contributed by atoms with van der Waals surface area (Å²) in [6.07, 6.45) is 22.5. The Morgan fingerprint density at radius 2 is 1.27 bits per heavy atom. The van der Waals surface area contributed by atoms with Crippen LogP contribution in [0.1, 0.15) is 26.2 Å². The summed E-state index contributed by atoms with van der Waals surface area (Å²) in [6.45, 7) is 2.23. The topological polar surface area (TPSA) is 0 Å². The van der Waals surface area contributed by atoms with E-state index in [0.717, 1.165) is 0 Å². The van der Waals surface area contributed by atoms with Crippen molar-refractivity contribution in [3.63, 3.8) is 0 Å². The predicted molar refractivity (Wildman–Crippen MR) is 61.5 cm³/mol. The molecule has 0 aliphatic heterocycles.